The Bertz CT molecular complexity index is 404. The van der Waals surface area contributed by atoms with Crippen LogP contribution in [0.4, 0.5) is 5.82 Å². The number of carbonyl (C=O) groups is 1. The molecule has 0 spiro atoms. The minimum Gasteiger partial charge on any atom is -0.358 e. The predicted molar refractivity (Wildman–Crippen MR) is 53.6 cm³/mol. The number of nitrogens with one attached hydrogen (secondary N) is 1. The summed E-state index contributed by atoms with van der Waals surface area (Å²) in [7, 11) is 0. The Labute approximate surface area is 86.5 Å². The molecule has 1 aromatic rings. The molecule has 1 rings (SSSR count). The fourth-order valence-electron chi connectivity index (χ4n) is 1.11. The largest absolute Gasteiger partial charge is 0.364 e. The number of rotatable bonds is 3. The Morgan fingerprint density at radius 2 is 2.27 bits per heavy atom. The quantitative estimate of drug-likeness (QED) is 0.595. The molecule has 6 heteroatoms. The summed E-state index contributed by atoms with van der Waals surface area (Å²) in [5.74, 6) is -0.708. The van der Waals surface area contributed by atoms with Crippen molar-refractivity contribution in [3.63, 3.8) is 0 Å². The van der Waals surface area contributed by atoms with Crippen molar-refractivity contribution < 1.29 is 9.72 Å². The highest BCUT2D eigenvalue weighted by atomic mass is 16.6. The standard InChI is InChI=1S/C9H11N3O3/c1-3-10-9(13)7-4-6(2)5-8(11-7)12(14)15/h4-5H,3H2,1-2H3,(H,10,13). The number of nitrogens with zero attached hydrogens (tertiary/aromatic N) is 2. The van der Waals surface area contributed by atoms with Crippen molar-refractivity contribution in [2.45, 2.75) is 13.8 Å². The molecule has 0 bridgehead atoms. The van der Waals surface area contributed by atoms with Crippen LogP contribution in [0.3, 0.4) is 0 Å². The van der Waals surface area contributed by atoms with Gasteiger partial charge in [0.2, 0.25) is 5.69 Å². The molecule has 0 saturated heterocycles. The van der Waals surface area contributed by atoms with E-state index in [1.165, 1.54) is 12.1 Å². The van der Waals surface area contributed by atoms with E-state index in [2.05, 4.69) is 10.3 Å². The molecule has 1 heterocycles. The zero-order chi connectivity index (χ0) is 11.4. The summed E-state index contributed by atoms with van der Waals surface area (Å²) in [4.78, 5) is 24.9. The first-order valence-corrected chi connectivity index (χ1v) is 4.46. The second-order valence-corrected chi connectivity index (χ2v) is 3.00. The fourth-order valence-corrected chi connectivity index (χ4v) is 1.11. The molecule has 0 unspecified atom stereocenters. The van der Waals surface area contributed by atoms with Gasteiger partial charge in [-0.3, -0.25) is 4.79 Å². The molecule has 1 amide bonds. The molecule has 1 N–H and O–H groups in total. The van der Waals surface area contributed by atoms with Gasteiger partial charge in [0.15, 0.2) is 0 Å². The number of carbonyl (C=O) groups excluding carboxylic acids is 1. The van der Waals surface area contributed by atoms with Crippen LogP contribution in [-0.2, 0) is 0 Å². The Morgan fingerprint density at radius 1 is 1.60 bits per heavy atom. The molecule has 80 valence electrons. The van der Waals surface area contributed by atoms with Gasteiger partial charge >= 0.3 is 5.82 Å². The fraction of sp³-hybridized carbons (Fsp3) is 0.333. The third kappa shape index (κ3) is 2.73. The molecule has 1 aromatic heterocycles. The monoisotopic (exact) mass is 209 g/mol. The van der Waals surface area contributed by atoms with E-state index in [-0.39, 0.29) is 11.5 Å². The molecule has 0 aromatic carbocycles. The van der Waals surface area contributed by atoms with Crippen LogP contribution in [-0.4, -0.2) is 22.4 Å². The van der Waals surface area contributed by atoms with Crippen molar-refractivity contribution in [1.82, 2.24) is 10.3 Å². The lowest BCUT2D eigenvalue weighted by molar-refractivity contribution is -0.389. The molecule has 6 nitrogen and oxygen atoms in total. The Morgan fingerprint density at radius 3 is 2.80 bits per heavy atom. The maximum atomic E-state index is 11.4. The molecular formula is C9H11N3O3. The van der Waals surface area contributed by atoms with Crippen LogP contribution >= 0.6 is 0 Å². The second kappa shape index (κ2) is 4.50. The summed E-state index contributed by atoms with van der Waals surface area (Å²) in [5, 5.41) is 13.0. The lowest BCUT2D eigenvalue weighted by atomic mass is 10.2. The molecule has 0 aliphatic heterocycles. The van der Waals surface area contributed by atoms with Gasteiger partial charge < -0.3 is 15.4 Å². The van der Waals surface area contributed by atoms with Gasteiger partial charge in [-0.05, 0) is 35.4 Å². The lowest BCUT2D eigenvalue weighted by Gasteiger charge is -1.99. The number of amides is 1. The molecule has 0 aliphatic rings. The van der Waals surface area contributed by atoms with Gasteiger partial charge in [0, 0.05) is 12.6 Å². The number of hydrogen-bond acceptors (Lipinski definition) is 4. The minimum atomic E-state index is -0.615. The average Bonchev–Trinajstić information content (AvgIpc) is 2.17. The van der Waals surface area contributed by atoms with Gasteiger partial charge in [-0.1, -0.05) is 0 Å². The molecule has 0 saturated carbocycles. The van der Waals surface area contributed by atoms with E-state index >= 15 is 0 Å². The zero-order valence-electron chi connectivity index (χ0n) is 8.48. The highest BCUT2D eigenvalue weighted by Gasteiger charge is 2.17. The van der Waals surface area contributed by atoms with E-state index in [1.54, 1.807) is 13.8 Å². The summed E-state index contributed by atoms with van der Waals surface area (Å²) >= 11 is 0. The second-order valence-electron chi connectivity index (χ2n) is 3.00. The third-order valence-electron chi connectivity index (χ3n) is 1.71. The van der Waals surface area contributed by atoms with Gasteiger partial charge in [0.1, 0.15) is 0 Å². The van der Waals surface area contributed by atoms with E-state index in [9.17, 15) is 14.9 Å². The van der Waals surface area contributed by atoms with Crippen molar-refractivity contribution in [3.8, 4) is 0 Å². The van der Waals surface area contributed by atoms with Crippen LogP contribution in [0.1, 0.15) is 23.0 Å². The highest BCUT2D eigenvalue weighted by Crippen LogP contribution is 2.11. The van der Waals surface area contributed by atoms with Crippen molar-refractivity contribution >= 4 is 11.7 Å². The average molecular weight is 209 g/mol. The van der Waals surface area contributed by atoms with Crippen LogP contribution in [0, 0.1) is 17.0 Å². The van der Waals surface area contributed by atoms with Crippen molar-refractivity contribution in [2.75, 3.05) is 6.54 Å². The van der Waals surface area contributed by atoms with Crippen LogP contribution in [0.15, 0.2) is 12.1 Å². The van der Waals surface area contributed by atoms with Gasteiger partial charge in [-0.15, -0.1) is 0 Å². The smallest absolute Gasteiger partial charge is 0.358 e. The van der Waals surface area contributed by atoms with Gasteiger partial charge in [0.05, 0.1) is 0 Å². The minimum absolute atomic E-state index is 0.0727. The molecule has 0 fully saturated rings. The summed E-state index contributed by atoms with van der Waals surface area (Å²) in [6.45, 7) is 3.90. The summed E-state index contributed by atoms with van der Waals surface area (Å²) < 4.78 is 0. The number of aryl methyl sites for hydroxylation is 1. The van der Waals surface area contributed by atoms with Crippen molar-refractivity contribution in [1.29, 1.82) is 0 Å². The Hall–Kier alpha value is -1.98. The first-order chi connectivity index (χ1) is 7.04. The first-order valence-electron chi connectivity index (χ1n) is 4.46. The maximum Gasteiger partial charge on any atom is 0.364 e. The molecule has 15 heavy (non-hydrogen) atoms. The number of pyridine rings is 1. The van der Waals surface area contributed by atoms with E-state index < -0.39 is 10.8 Å². The van der Waals surface area contributed by atoms with Gasteiger partial charge in [-0.25, -0.2) is 0 Å². The van der Waals surface area contributed by atoms with E-state index in [4.69, 9.17) is 0 Å². The molecule has 0 aliphatic carbocycles. The predicted octanol–water partition coefficient (Wildman–Crippen LogP) is 1.05. The van der Waals surface area contributed by atoms with E-state index in [0.717, 1.165) is 0 Å². The number of aromatic nitrogens is 1. The lowest BCUT2D eigenvalue weighted by Crippen LogP contribution is -2.24. The third-order valence-corrected chi connectivity index (χ3v) is 1.71. The van der Waals surface area contributed by atoms with Crippen molar-refractivity contribution in [2.24, 2.45) is 0 Å². The SMILES string of the molecule is CCNC(=O)c1cc(C)cc([N+](=O)[O-])n1. The van der Waals surface area contributed by atoms with E-state index in [0.29, 0.717) is 12.1 Å². The summed E-state index contributed by atoms with van der Waals surface area (Å²) in [6, 6.07) is 2.83. The Balaban J connectivity index is 3.09. The van der Waals surface area contributed by atoms with E-state index in [1.807, 2.05) is 0 Å². The van der Waals surface area contributed by atoms with Crippen LogP contribution in [0.5, 0.6) is 0 Å². The normalized spacial score (nSPS) is 9.73. The summed E-state index contributed by atoms with van der Waals surface area (Å²) in [6.07, 6.45) is 0. The van der Waals surface area contributed by atoms with Crippen LogP contribution in [0.2, 0.25) is 0 Å². The Kier molecular flexibility index (Phi) is 3.33. The highest BCUT2D eigenvalue weighted by molar-refractivity contribution is 5.92. The molecule has 0 atom stereocenters. The molecular weight excluding hydrogens is 198 g/mol. The van der Waals surface area contributed by atoms with Crippen LogP contribution in [0.25, 0.3) is 0 Å². The number of nitro groups is 1. The summed E-state index contributed by atoms with van der Waals surface area (Å²) in [5.41, 5.74) is 0.710. The molecule has 0 radical (unpaired) electrons. The maximum absolute atomic E-state index is 11.4. The van der Waals surface area contributed by atoms with Gasteiger partial charge in [-0.2, -0.15) is 0 Å². The first kappa shape index (κ1) is 11.1. The zero-order valence-corrected chi connectivity index (χ0v) is 8.48. The van der Waals surface area contributed by atoms with Gasteiger partial charge in [0.25, 0.3) is 5.91 Å². The number of hydrogen-bond donors (Lipinski definition) is 1. The topological polar surface area (TPSA) is 85.1 Å². The van der Waals surface area contributed by atoms with Crippen molar-refractivity contribution in [3.05, 3.63) is 33.5 Å². The van der Waals surface area contributed by atoms with Crippen LogP contribution < -0.4 is 5.32 Å².